The topological polar surface area (TPSA) is 21.4 Å². The second-order valence-electron chi connectivity index (χ2n) is 7.25. The Balaban J connectivity index is 2.21. The van der Waals surface area contributed by atoms with Gasteiger partial charge in [0.05, 0.1) is 14.9 Å². The lowest BCUT2D eigenvalue weighted by atomic mass is 9.96. The molecule has 28 heavy (non-hydrogen) atoms. The van der Waals surface area contributed by atoms with Crippen molar-refractivity contribution < 1.29 is 17.2 Å². The van der Waals surface area contributed by atoms with Gasteiger partial charge in [0.1, 0.15) is 18.2 Å². The minimum Gasteiger partial charge on any atom is -0.466 e. The van der Waals surface area contributed by atoms with E-state index in [9.17, 15) is 0 Å². The lowest BCUT2D eigenvalue weighted by Crippen LogP contribution is -2.35. The second kappa shape index (κ2) is 6.49. The quantitative estimate of drug-likeness (QED) is 0.283. The van der Waals surface area contributed by atoms with E-state index in [0.29, 0.717) is 33.8 Å². The van der Waals surface area contributed by atoms with E-state index in [1.165, 1.54) is 6.92 Å². The summed E-state index contributed by atoms with van der Waals surface area (Å²) in [6, 6.07) is 7.21. The smallest absolute Gasteiger partial charge is 0.229 e. The van der Waals surface area contributed by atoms with Crippen molar-refractivity contribution in [3.63, 3.8) is 0 Å². The first-order valence-corrected chi connectivity index (χ1v) is 9.07. The number of hydrogen-bond acceptors (Lipinski definition) is 1. The second-order valence-corrected chi connectivity index (χ2v) is 7.25. The van der Waals surface area contributed by atoms with E-state index in [2.05, 4.69) is 4.85 Å². The van der Waals surface area contributed by atoms with Crippen LogP contribution in [0.5, 0.6) is 0 Å². The Kier molecular flexibility index (Phi) is 2.87. The Bertz CT molecular complexity index is 1540. The average molecular weight is 376 g/mol. The van der Waals surface area contributed by atoms with Gasteiger partial charge in [-0.3, -0.25) is 0 Å². The van der Waals surface area contributed by atoms with Crippen LogP contribution in [0.1, 0.15) is 50.3 Å². The van der Waals surface area contributed by atoms with Crippen molar-refractivity contribution in [3.8, 4) is 11.3 Å². The van der Waals surface area contributed by atoms with Gasteiger partial charge in [0.15, 0.2) is 5.69 Å². The highest BCUT2D eigenvalue weighted by Crippen LogP contribution is 2.41. The summed E-state index contributed by atoms with van der Waals surface area (Å²) in [5, 5.41) is 1.57. The Labute approximate surface area is 174 Å². The van der Waals surface area contributed by atoms with Crippen molar-refractivity contribution in [1.29, 1.82) is 0 Å². The van der Waals surface area contributed by atoms with Crippen LogP contribution in [0.15, 0.2) is 40.8 Å². The van der Waals surface area contributed by atoms with Crippen LogP contribution in [0.2, 0.25) is 0 Å². The molecule has 0 aliphatic heterocycles. The van der Waals surface area contributed by atoms with Crippen LogP contribution >= 0.6 is 0 Å². The fourth-order valence-electron chi connectivity index (χ4n) is 3.62. The van der Waals surface area contributed by atoms with Crippen LogP contribution in [0, 0.1) is 27.3 Å². The predicted octanol–water partition coefficient (Wildman–Crippen LogP) is 6.68. The molecule has 0 saturated carbocycles. The van der Waals surface area contributed by atoms with Gasteiger partial charge in [0.2, 0.25) is 11.4 Å². The van der Waals surface area contributed by atoms with Crippen LogP contribution in [0.3, 0.4) is 0 Å². The Morgan fingerprint density at radius 1 is 1.18 bits per heavy atom. The average Bonchev–Trinajstić information content (AvgIpc) is 3.10. The number of aryl methyl sites for hydroxylation is 2. The van der Waals surface area contributed by atoms with Crippen molar-refractivity contribution in [2.75, 3.05) is 0 Å². The Hall–Kier alpha value is -3.12. The molecule has 2 aromatic heterocycles. The summed E-state index contributed by atoms with van der Waals surface area (Å²) in [6.45, 7) is 11.5. The third kappa shape index (κ3) is 2.68. The zero-order valence-electron chi connectivity index (χ0n) is 22.6. The Morgan fingerprint density at radius 2 is 1.96 bits per heavy atom. The molecule has 0 N–H and O–H groups in total. The highest BCUT2D eigenvalue weighted by atomic mass is 16.3. The number of fused-ring (bicyclic) bond motifs is 3. The molecule has 140 valence electrons. The minimum atomic E-state index is -2.73. The predicted molar refractivity (Wildman–Crippen MR) is 115 cm³/mol. The summed E-state index contributed by atoms with van der Waals surface area (Å²) >= 11 is 0. The van der Waals surface area contributed by atoms with E-state index in [1.807, 2.05) is 32.0 Å². The number of aromatic nitrogens is 1. The van der Waals surface area contributed by atoms with Gasteiger partial charge in [-0.25, -0.2) is 4.85 Å². The molecule has 0 bridgehead atoms. The molecule has 2 aromatic carbocycles. The van der Waals surface area contributed by atoms with Gasteiger partial charge in [0, 0.05) is 35.3 Å². The zero-order chi connectivity index (χ0) is 25.3. The normalized spacial score (nSPS) is 17.1. The molecule has 1 unspecified atom stereocenters. The molecule has 4 rings (SSSR count). The van der Waals surface area contributed by atoms with Crippen molar-refractivity contribution in [3.05, 3.63) is 70.2 Å². The largest absolute Gasteiger partial charge is 0.466 e. The molecular formula is C25H25N2O+. The SMILES string of the molecule is [2H]c1c(C([2H])(C)C([2H])([2H])[2H])c([2H])c(-c2c(C)ccc3c2oc2c([N+]#[C-])cc(C)cc23)[n+](C)c1C. The number of benzene rings is 2. The number of hydrogen-bond donors (Lipinski definition) is 0. The molecule has 0 aliphatic rings. The van der Waals surface area contributed by atoms with Gasteiger partial charge in [-0.15, -0.1) is 0 Å². The van der Waals surface area contributed by atoms with Gasteiger partial charge < -0.3 is 4.42 Å². The number of rotatable bonds is 2. The van der Waals surface area contributed by atoms with Crippen LogP contribution < -0.4 is 4.57 Å². The van der Waals surface area contributed by atoms with Crippen molar-refractivity contribution in [1.82, 2.24) is 0 Å². The maximum atomic E-state index is 9.02. The van der Waals surface area contributed by atoms with E-state index in [4.69, 9.17) is 19.2 Å². The molecular weight excluding hydrogens is 344 g/mol. The number of nitrogens with zero attached hydrogens (tertiary/aromatic N) is 2. The Morgan fingerprint density at radius 3 is 2.68 bits per heavy atom. The molecule has 1 atom stereocenters. The highest BCUT2D eigenvalue weighted by Gasteiger charge is 2.24. The van der Waals surface area contributed by atoms with Gasteiger partial charge in [-0.2, -0.15) is 4.57 Å². The maximum absolute atomic E-state index is 9.02. The molecule has 0 fully saturated rings. The van der Waals surface area contributed by atoms with Crippen molar-refractivity contribution in [2.45, 2.75) is 40.4 Å². The monoisotopic (exact) mass is 375 g/mol. The van der Waals surface area contributed by atoms with E-state index in [1.54, 1.807) is 24.6 Å². The molecule has 4 aromatic rings. The molecule has 0 aliphatic carbocycles. The summed E-state index contributed by atoms with van der Waals surface area (Å²) in [6.07, 6.45) is 0. The first kappa shape index (κ1) is 12.4. The standard InChI is InChI=1S/C25H25N2O/c1-14(2)18-12-17(5)27(7)22(13-18)23-16(4)8-9-19-20-10-15(3)11-21(26-6)24(20)28-25(19)23/h8-14H,1-5,7H3/q+1/i1D3,12D,13D,14D. The molecule has 3 nitrogen and oxygen atoms in total. The van der Waals surface area contributed by atoms with Gasteiger partial charge in [-0.05, 0) is 36.9 Å². The minimum absolute atomic E-state index is 0.134. The van der Waals surface area contributed by atoms with Crippen molar-refractivity contribution >= 4 is 27.6 Å². The highest BCUT2D eigenvalue weighted by molar-refractivity contribution is 6.13. The van der Waals surface area contributed by atoms with Crippen LogP contribution in [0.4, 0.5) is 5.69 Å². The molecule has 0 spiro atoms. The van der Waals surface area contributed by atoms with E-state index < -0.39 is 12.7 Å². The third-order valence-corrected chi connectivity index (χ3v) is 5.19. The van der Waals surface area contributed by atoms with Gasteiger partial charge in [0.25, 0.3) is 0 Å². The summed E-state index contributed by atoms with van der Waals surface area (Å²) in [7, 11) is 1.72. The summed E-state index contributed by atoms with van der Waals surface area (Å²) in [5.41, 5.74) is 4.29. The molecule has 2 heterocycles. The van der Waals surface area contributed by atoms with E-state index in [0.717, 1.165) is 21.9 Å². The number of pyridine rings is 1. The number of furan rings is 1. The maximum Gasteiger partial charge on any atom is 0.229 e. The molecule has 0 radical (unpaired) electrons. The van der Waals surface area contributed by atoms with Crippen LogP contribution in [-0.4, -0.2) is 0 Å². The summed E-state index contributed by atoms with van der Waals surface area (Å²) in [4.78, 5) is 3.62. The van der Waals surface area contributed by atoms with E-state index in [-0.39, 0.29) is 17.6 Å². The third-order valence-electron chi connectivity index (χ3n) is 5.19. The lowest BCUT2D eigenvalue weighted by molar-refractivity contribution is -0.666. The van der Waals surface area contributed by atoms with Gasteiger partial charge >= 0.3 is 0 Å². The first-order valence-electron chi connectivity index (χ1n) is 12.1. The fraction of sp³-hybridized carbons (Fsp3) is 0.280. The summed E-state index contributed by atoms with van der Waals surface area (Å²) < 4.78 is 57.9. The van der Waals surface area contributed by atoms with Crippen LogP contribution in [-0.2, 0) is 7.05 Å². The lowest BCUT2D eigenvalue weighted by Gasteiger charge is -2.11. The van der Waals surface area contributed by atoms with Crippen LogP contribution in [0.25, 0.3) is 38.0 Å². The molecule has 0 amide bonds. The molecule has 3 heteroatoms. The van der Waals surface area contributed by atoms with E-state index >= 15 is 0 Å². The first-order chi connectivity index (χ1) is 15.7. The fourth-order valence-corrected chi connectivity index (χ4v) is 3.62. The van der Waals surface area contributed by atoms with Crippen molar-refractivity contribution in [2.24, 2.45) is 7.05 Å². The van der Waals surface area contributed by atoms with Gasteiger partial charge in [-0.1, -0.05) is 37.5 Å². The summed E-state index contributed by atoms with van der Waals surface area (Å²) in [5.74, 6) is -2.15. The zero-order valence-corrected chi connectivity index (χ0v) is 16.6. The molecule has 0 saturated heterocycles.